The van der Waals surface area contributed by atoms with Gasteiger partial charge in [0, 0.05) is 6.54 Å². The number of carbonyl (C=O) groups excluding carboxylic acids is 4. The molecule has 0 saturated heterocycles. The van der Waals surface area contributed by atoms with Crippen molar-refractivity contribution in [3.05, 3.63) is 35.4 Å². The highest BCUT2D eigenvalue weighted by Crippen LogP contribution is 2.21. The zero-order chi connectivity index (χ0) is 17.0. The Morgan fingerprint density at radius 2 is 1.65 bits per heavy atom. The molecule has 122 valence electrons. The average molecular weight is 317 g/mol. The van der Waals surface area contributed by atoms with E-state index in [0.717, 1.165) is 11.3 Å². The van der Waals surface area contributed by atoms with E-state index in [-0.39, 0.29) is 11.1 Å². The zero-order valence-corrected chi connectivity index (χ0v) is 13.1. The molecule has 23 heavy (non-hydrogen) atoms. The van der Waals surface area contributed by atoms with E-state index >= 15 is 0 Å². The van der Waals surface area contributed by atoms with E-state index in [1.54, 1.807) is 12.1 Å². The molecule has 0 radical (unpaired) electrons. The summed E-state index contributed by atoms with van der Waals surface area (Å²) < 4.78 is 0. The van der Waals surface area contributed by atoms with Crippen LogP contribution in [-0.2, 0) is 4.79 Å². The number of nitrogens with zero attached hydrogens (tertiary/aromatic N) is 1. The van der Waals surface area contributed by atoms with Crippen LogP contribution in [0.2, 0.25) is 0 Å². The number of urea groups is 1. The monoisotopic (exact) mass is 317 g/mol. The van der Waals surface area contributed by atoms with Crippen molar-refractivity contribution in [3.8, 4) is 0 Å². The molecule has 1 aliphatic heterocycles. The molecule has 0 bridgehead atoms. The van der Waals surface area contributed by atoms with Crippen LogP contribution in [0.3, 0.4) is 0 Å². The Balaban J connectivity index is 1.88. The van der Waals surface area contributed by atoms with E-state index in [4.69, 9.17) is 0 Å². The molecule has 2 rings (SSSR count). The summed E-state index contributed by atoms with van der Waals surface area (Å²) in [5.74, 6) is -1.33. The van der Waals surface area contributed by atoms with Gasteiger partial charge in [-0.25, -0.2) is 4.79 Å². The van der Waals surface area contributed by atoms with Gasteiger partial charge in [-0.15, -0.1) is 0 Å². The smallest absolute Gasteiger partial charge is 0.321 e. The fourth-order valence-corrected chi connectivity index (χ4v) is 2.21. The maximum Gasteiger partial charge on any atom is 0.321 e. The first-order valence-electron chi connectivity index (χ1n) is 7.43. The van der Waals surface area contributed by atoms with Gasteiger partial charge in [0.05, 0.1) is 11.1 Å². The Morgan fingerprint density at radius 3 is 2.17 bits per heavy atom. The minimum absolute atomic E-state index is 0.270. The van der Waals surface area contributed by atoms with Crippen molar-refractivity contribution in [2.75, 3.05) is 13.1 Å². The molecule has 1 heterocycles. The van der Waals surface area contributed by atoms with Crippen molar-refractivity contribution in [2.45, 2.75) is 20.3 Å². The van der Waals surface area contributed by atoms with Crippen LogP contribution in [0.1, 0.15) is 41.0 Å². The summed E-state index contributed by atoms with van der Waals surface area (Å²) in [5.41, 5.74) is 0.540. The minimum Gasteiger partial charge on any atom is -0.338 e. The maximum absolute atomic E-state index is 12.1. The van der Waals surface area contributed by atoms with Crippen molar-refractivity contribution in [1.29, 1.82) is 0 Å². The second kappa shape index (κ2) is 7.04. The van der Waals surface area contributed by atoms with Gasteiger partial charge in [0.2, 0.25) is 5.91 Å². The molecular weight excluding hydrogens is 298 g/mol. The van der Waals surface area contributed by atoms with Gasteiger partial charge in [-0.2, -0.15) is 0 Å². The molecule has 0 aromatic heterocycles. The molecule has 1 aromatic rings. The van der Waals surface area contributed by atoms with Gasteiger partial charge in [-0.3, -0.25) is 24.6 Å². The number of carbonyl (C=O) groups is 4. The van der Waals surface area contributed by atoms with Crippen LogP contribution in [0.25, 0.3) is 0 Å². The third-order valence-corrected chi connectivity index (χ3v) is 3.44. The molecule has 0 aliphatic carbocycles. The van der Waals surface area contributed by atoms with E-state index < -0.39 is 30.3 Å². The standard InChI is InChI=1S/C16H19N3O4/c1-10(2)7-8-17-16(23)18-13(20)9-19-14(21)11-5-3-4-6-12(11)15(19)22/h3-6,10H,7-9H2,1-2H3,(H2,17,18,20,23). The number of hydrogen-bond donors (Lipinski definition) is 2. The summed E-state index contributed by atoms with van der Waals surface area (Å²) >= 11 is 0. The zero-order valence-electron chi connectivity index (χ0n) is 13.1. The summed E-state index contributed by atoms with van der Waals surface area (Å²) in [6.07, 6.45) is 0.792. The molecule has 7 nitrogen and oxygen atoms in total. The van der Waals surface area contributed by atoms with Crippen LogP contribution in [-0.4, -0.2) is 41.7 Å². The van der Waals surface area contributed by atoms with Crippen LogP contribution in [0.5, 0.6) is 0 Å². The Labute approximate surface area is 134 Å². The second-order valence-electron chi connectivity index (χ2n) is 5.73. The molecule has 1 aliphatic rings. The Kier molecular flexibility index (Phi) is 5.10. The lowest BCUT2D eigenvalue weighted by Crippen LogP contribution is -2.46. The van der Waals surface area contributed by atoms with Crippen LogP contribution >= 0.6 is 0 Å². The van der Waals surface area contributed by atoms with Crippen molar-refractivity contribution in [1.82, 2.24) is 15.5 Å². The third-order valence-electron chi connectivity index (χ3n) is 3.44. The number of nitrogens with one attached hydrogen (secondary N) is 2. The summed E-state index contributed by atoms with van der Waals surface area (Å²) in [7, 11) is 0. The normalized spacial score (nSPS) is 13.3. The fourth-order valence-electron chi connectivity index (χ4n) is 2.21. The van der Waals surface area contributed by atoms with E-state index in [9.17, 15) is 19.2 Å². The molecular formula is C16H19N3O4. The largest absolute Gasteiger partial charge is 0.338 e. The van der Waals surface area contributed by atoms with E-state index in [1.807, 2.05) is 13.8 Å². The van der Waals surface area contributed by atoms with Gasteiger partial charge in [0.25, 0.3) is 11.8 Å². The predicted molar refractivity (Wildman–Crippen MR) is 82.8 cm³/mol. The SMILES string of the molecule is CC(C)CCNC(=O)NC(=O)CN1C(=O)c2ccccc2C1=O. The van der Waals surface area contributed by atoms with E-state index in [1.165, 1.54) is 12.1 Å². The lowest BCUT2D eigenvalue weighted by molar-refractivity contribution is -0.120. The summed E-state index contributed by atoms with van der Waals surface area (Å²) in [6.45, 7) is 4.01. The number of imide groups is 2. The average Bonchev–Trinajstić information content (AvgIpc) is 2.72. The van der Waals surface area contributed by atoms with Crippen molar-refractivity contribution in [3.63, 3.8) is 0 Å². The topological polar surface area (TPSA) is 95.6 Å². The van der Waals surface area contributed by atoms with Crippen LogP contribution in [0.4, 0.5) is 4.79 Å². The summed E-state index contributed by atoms with van der Waals surface area (Å²) in [4.78, 5) is 48.4. The first-order chi connectivity index (χ1) is 10.9. The molecule has 0 saturated carbocycles. The highest BCUT2D eigenvalue weighted by Gasteiger charge is 2.36. The van der Waals surface area contributed by atoms with Crippen LogP contribution in [0.15, 0.2) is 24.3 Å². The molecule has 0 atom stereocenters. The highest BCUT2D eigenvalue weighted by atomic mass is 16.2. The first kappa shape index (κ1) is 16.7. The maximum atomic E-state index is 12.1. The Morgan fingerprint density at radius 1 is 1.09 bits per heavy atom. The number of amides is 5. The fraction of sp³-hybridized carbons (Fsp3) is 0.375. The predicted octanol–water partition coefficient (Wildman–Crippen LogP) is 1.15. The molecule has 7 heteroatoms. The van der Waals surface area contributed by atoms with Crippen molar-refractivity contribution < 1.29 is 19.2 Å². The minimum atomic E-state index is -0.707. The number of hydrogen-bond acceptors (Lipinski definition) is 4. The van der Waals surface area contributed by atoms with Crippen molar-refractivity contribution in [2.24, 2.45) is 5.92 Å². The third kappa shape index (κ3) is 3.94. The molecule has 0 spiro atoms. The molecule has 5 amide bonds. The summed E-state index contributed by atoms with van der Waals surface area (Å²) in [5, 5.41) is 4.66. The van der Waals surface area contributed by atoms with Gasteiger partial charge in [-0.1, -0.05) is 26.0 Å². The van der Waals surface area contributed by atoms with Crippen LogP contribution < -0.4 is 10.6 Å². The van der Waals surface area contributed by atoms with Gasteiger partial charge >= 0.3 is 6.03 Å². The summed E-state index contributed by atoms with van der Waals surface area (Å²) in [6, 6.07) is 5.73. The van der Waals surface area contributed by atoms with Gasteiger partial charge < -0.3 is 5.32 Å². The van der Waals surface area contributed by atoms with E-state index in [2.05, 4.69) is 10.6 Å². The van der Waals surface area contributed by atoms with Crippen LogP contribution in [0, 0.1) is 5.92 Å². The highest BCUT2D eigenvalue weighted by molar-refractivity contribution is 6.22. The Hall–Kier alpha value is -2.70. The number of fused-ring (bicyclic) bond motifs is 1. The van der Waals surface area contributed by atoms with E-state index in [0.29, 0.717) is 12.5 Å². The molecule has 2 N–H and O–H groups in total. The van der Waals surface area contributed by atoms with Gasteiger partial charge in [0.15, 0.2) is 0 Å². The quantitative estimate of drug-likeness (QED) is 0.796. The lowest BCUT2D eigenvalue weighted by Gasteiger charge is -2.13. The van der Waals surface area contributed by atoms with Gasteiger partial charge in [0.1, 0.15) is 6.54 Å². The first-order valence-corrected chi connectivity index (χ1v) is 7.43. The van der Waals surface area contributed by atoms with Gasteiger partial charge in [-0.05, 0) is 24.5 Å². The molecule has 0 unspecified atom stereocenters. The number of rotatable bonds is 5. The van der Waals surface area contributed by atoms with Crippen molar-refractivity contribution >= 4 is 23.8 Å². The Bertz CT molecular complexity index is 619. The lowest BCUT2D eigenvalue weighted by atomic mass is 10.1. The second-order valence-corrected chi connectivity index (χ2v) is 5.73. The molecule has 0 fully saturated rings. The number of benzene rings is 1. The molecule has 1 aromatic carbocycles.